The molecule has 1 atom stereocenters. The molecule has 5 nitrogen and oxygen atoms in total. The summed E-state index contributed by atoms with van der Waals surface area (Å²) in [5, 5.41) is 1.06. The van der Waals surface area contributed by atoms with Crippen molar-refractivity contribution in [3.63, 3.8) is 0 Å². The van der Waals surface area contributed by atoms with Crippen LogP contribution in [0.3, 0.4) is 0 Å². The van der Waals surface area contributed by atoms with Crippen molar-refractivity contribution in [2.24, 2.45) is 9.98 Å². The van der Waals surface area contributed by atoms with Crippen molar-refractivity contribution < 1.29 is 9.59 Å². The van der Waals surface area contributed by atoms with Gasteiger partial charge in [0.2, 0.25) is 0 Å². The normalized spacial score (nSPS) is 16.8. The summed E-state index contributed by atoms with van der Waals surface area (Å²) in [6.07, 6.45) is 0.517. The highest BCUT2D eigenvalue weighted by molar-refractivity contribution is 8.14. The molecule has 0 aliphatic carbocycles. The average Bonchev–Trinajstić information content (AvgIpc) is 3.15. The van der Waals surface area contributed by atoms with Gasteiger partial charge in [0, 0.05) is 22.6 Å². The Kier molecular flexibility index (Phi) is 5.64. The van der Waals surface area contributed by atoms with Gasteiger partial charge in [0.15, 0.2) is 11.0 Å². The quantitative estimate of drug-likeness (QED) is 0.495. The molecule has 158 valence electrons. The number of amides is 1. The number of aliphatic imine (C=N–C) groups is 2. The summed E-state index contributed by atoms with van der Waals surface area (Å²) >= 11 is 7.17. The number of halogens is 1. The fraction of sp³-hybridized carbons (Fsp3) is 0.120. The van der Waals surface area contributed by atoms with Crippen LogP contribution in [0.15, 0.2) is 88.8 Å². The molecule has 0 fully saturated rings. The van der Waals surface area contributed by atoms with Crippen LogP contribution in [0, 0.1) is 0 Å². The van der Waals surface area contributed by atoms with Gasteiger partial charge in [-0.15, -0.1) is 0 Å². The van der Waals surface area contributed by atoms with Gasteiger partial charge in [0.1, 0.15) is 11.9 Å². The molecule has 5 rings (SSSR count). The monoisotopic (exact) mass is 459 g/mol. The first-order chi connectivity index (χ1) is 15.6. The van der Waals surface area contributed by atoms with Gasteiger partial charge < -0.3 is 0 Å². The lowest BCUT2D eigenvalue weighted by atomic mass is 10.1. The van der Waals surface area contributed by atoms with E-state index in [-0.39, 0.29) is 17.4 Å². The maximum absolute atomic E-state index is 13.3. The van der Waals surface area contributed by atoms with E-state index in [0.29, 0.717) is 28.0 Å². The molecule has 0 bridgehead atoms. The minimum atomic E-state index is -0.517. The number of hydrogen-bond acceptors (Lipinski definition) is 5. The molecule has 3 aromatic rings. The Balaban J connectivity index is 1.42. The number of benzene rings is 3. The van der Waals surface area contributed by atoms with Crippen molar-refractivity contribution in [1.29, 1.82) is 0 Å². The number of ketones is 1. The van der Waals surface area contributed by atoms with Crippen LogP contribution in [0.1, 0.15) is 21.5 Å². The third-order valence-corrected chi connectivity index (χ3v) is 6.51. The SMILES string of the molecule is O=C(CSC1=Nc2ccccc2C2=NC(Cc3ccccc3)C(=O)N12)c1ccc(Cl)cc1. The Hall–Kier alpha value is -3.22. The summed E-state index contributed by atoms with van der Waals surface area (Å²) in [6, 6.07) is 23.7. The first-order valence-electron chi connectivity index (χ1n) is 10.2. The molecule has 7 heteroatoms. The van der Waals surface area contributed by atoms with Crippen LogP contribution in [0.25, 0.3) is 0 Å². The molecule has 3 aromatic carbocycles. The second-order valence-electron chi connectivity index (χ2n) is 7.46. The predicted octanol–water partition coefficient (Wildman–Crippen LogP) is 5.16. The molecular formula is C25H18ClN3O2S. The van der Waals surface area contributed by atoms with Crippen molar-refractivity contribution in [2.45, 2.75) is 12.5 Å². The molecule has 0 saturated carbocycles. The van der Waals surface area contributed by atoms with Crippen molar-refractivity contribution >= 4 is 51.7 Å². The second-order valence-corrected chi connectivity index (χ2v) is 8.84. The summed E-state index contributed by atoms with van der Waals surface area (Å²) in [6.45, 7) is 0. The van der Waals surface area contributed by atoms with Crippen LogP contribution in [0.2, 0.25) is 5.02 Å². The van der Waals surface area contributed by atoms with E-state index in [2.05, 4.69) is 0 Å². The van der Waals surface area contributed by atoms with E-state index in [4.69, 9.17) is 21.6 Å². The van der Waals surface area contributed by atoms with Crippen molar-refractivity contribution in [1.82, 2.24) is 4.90 Å². The molecule has 0 spiro atoms. The number of fused-ring (bicyclic) bond motifs is 3. The van der Waals surface area contributed by atoms with Crippen LogP contribution >= 0.6 is 23.4 Å². The molecule has 1 unspecified atom stereocenters. The Morgan fingerprint density at radius 2 is 1.69 bits per heavy atom. The number of Topliss-reactive ketones (excluding diaryl/α,β-unsaturated/α-hetero) is 1. The Morgan fingerprint density at radius 1 is 0.969 bits per heavy atom. The number of carbonyl (C=O) groups is 2. The number of hydrogen-bond donors (Lipinski definition) is 0. The molecule has 0 saturated heterocycles. The number of nitrogens with zero attached hydrogens (tertiary/aromatic N) is 3. The van der Waals surface area contributed by atoms with Gasteiger partial charge >= 0.3 is 0 Å². The third kappa shape index (κ3) is 3.99. The molecule has 2 aliphatic heterocycles. The van der Waals surface area contributed by atoms with Gasteiger partial charge in [0.05, 0.1) is 11.4 Å². The number of thioether (sulfide) groups is 1. The minimum Gasteiger partial charge on any atom is -0.293 e. The molecule has 2 aliphatic rings. The number of amidine groups is 2. The predicted molar refractivity (Wildman–Crippen MR) is 129 cm³/mol. The highest BCUT2D eigenvalue weighted by Crippen LogP contribution is 2.34. The lowest BCUT2D eigenvalue weighted by Crippen LogP contribution is -2.41. The van der Waals surface area contributed by atoms with Crippen molar-refractivity contribution in [3.8, 4) is 0 Å². The van der Waals surface area contributed by atoms with E-state index in [1.807, 2.05) is 54.6 Å². The zero-order chi connectivity index (χ0) is 22.1. The number of carbonyl (C=O) groups excluding carboxylic acids is 2. The first-order valence-corrected chi connectivity index (χ1v) is 11.5. The summed E-state index contributed by atoms with van der Waals surface area (Å²) in [4.78, 5) is 37.0. The molecule has 0 aromatic heterocycles. The zero-order valence-electron chi connectivity index (χ0n) is 16.9. The van der Waals surface area contributed by atoms with Gasteiger partial charge in [-0.05, 0) is 42.0 Å². The standard InChI is InChI=1S/C25H18ClN3O2S/c26-18-12-10-17(11-13-18)22(30)15-32-25-28-20-9-5-4-8-19(20)23-27-21(24(31)29(23)25)14-16-6-2-1-3-7-16/h1-13,21H,14-15H2. The van der Waals surface area contributed by atoms with Gasteiger partial charge in [0.25, 0.3) is 5.91 Å². The molecule has 1 amide bonds. The topological polar surface area (TPSA) is 62.1 Å². The molecule has 0 N–H and O–H groups in total. The van der Waals surface area contributed by atoms with Crippen LogP contribution in [0.4, 0.5) is 5.69 Å². The molecule has 32 heavy (non-hydrogen) atoms. The van der Waals surface area contributed by atoms with E-state index >= 15 is 0 Å². The summed E-state index contributed by atoms with van der Waals surface area (Å²) in [5.74, 6) is 0.578. The van der Waals surface area contributed by atoms with Crippen LogP contribution in [-0.4, -0.2) is 39.4 Å². The Labute approximate surface area is 194 Å². The lowest BCUT2D eigenvalue weighted by molar-refractivity contribution is -0.124. The van der Waals surface area contributed by atoms with Crippen LogP contribution in [-0.2, 0) is 11.2 Å². The summed E-state index contributed by atoms with van der Waals surface area (Å²) in [5.41, 5.74) is 3.19. The minimum absolute atomic E-state index is 0.0563. The van der Waals surface area contributed by atoms with Crippen molar-refractivity contribution in [3.05, 3.63) is 101 Å². The highest BCUT2D eigenvalue weighted by atomic mass is 35.5. The molecule has 2 heterocycles. The first kappa shape index (κ1) is 20.7. The summed E-state index contributed by atoms with van der Waals surface area (Å²) in [7, 11) is 0. The third-order valence-electron chi connectivity index (χ3n) is 5.32. The van der Waals surface area contributed by atoms with E-state index < -0.39 is 6.04 Å². The van der Waals surface area contributed by atoms with Crippen molar-refractivity contribution in [2.75, 3.05) is 5.75 Å². The van der Waals surface area contributed by atoms with E-state index in [9.17, 15) is 9.59 Å². The summed E-state index contributed by atoms with van der Waals surface area (Å²) < 4.78 is 0. The molecular weight excluding hydrogens is 442 g/mol. The zero-order valence-corrected chi connectivity index (χ0v) is 18.5. The maximum atomic E-state index is 13.3. The average molecular weight is 460 g/mol. The Bertz CT molecular complexity index is 1260. The molecule has 0 radical (unpaired) electrons. The Morgan fingerprint density at radius 3 is 2.47 bits per heavy atom. The van der Waals surface area contributed by atoms with Gasteiger partial charge in [-0.3, -0.25) is 14.6 Å². The highest BCUT2D eigenvalue weighted by Gasteiger charge is 2.41. The van der Waals surface area contributed by atoms with Crippen LogP contribution < -0.4 is 0 Å². The largest absolute Gasteiger partial charge is 0.293 e. The lowest BCUT2D eigenvalue weighted by Gasteiger charge is -2.25. The van der Waals surface area contributed by atoms with E-state index in [1.54, 1.807) is 29.2 Å². The van der Waals surface area contributed by atoms with E-state index in [1.165, 1.54) is 11.8 Å². The number of rotatable bonds is 5. The van der Waals surface area contributed by atoms with Crippen LogP contribution in [0.5, 0.6) is 0 Å². The fourth-order valence-corrected chi connectivity index (χ4v) is 4.74. The van der Waals surface area contributed by atoms with Gasteiger partial charge in [-0.25, -0.2) is 9.89 Å². The van der Waals surface area contributed by atoms with Gasteiger partial charge in [-0.1, -0.05) is 65.8 Å². The fourth-order valence-electron chi connectivity index (χ4n) is 3.72. The second kappa shape index (κ2) is 8.73. The number of para-hydroxylation sites is 1. The van der Waals surface area contributed by atoms with E-state index in [0.717, 1.165) is 16.8 Å². The van der Waals surface area contributed by atoms with Gasteiger partial charge in [-0.2, -0.15) is 0 Å². The maximum Gasteiger partial charge on any atom is 0.259 e. The smallest absolute Gasteiger partial charge is 0.259 e.